The molecule has 0 unspecified atom stereocenters. The Balaban J connectivity index is 1.96. The second-order valence-electron chi connectivity index (χ2n) is 13.2. The SMILES string of the molecule is CC(=O)O[C@@H]1[C@H](C)/C=C/C(C)(C)C(=O)C[C@@H](OC(=O)c2ccccc2)/C(CO)=C/[C@H]2[C@@H](OC(=O)c3ccccc3)[C@H](C)C[C@]12OC(C)=O. The summed E-state index contributed by atoms with van der Waals surface area (Å²) in [6.07, 6.45) is 1.55. The van der Waals surface area contributed by atoms with E-state index in [1.54, 1.807) is 99.7 Å². The lowest BCUT2D eigenvalue weighted by molar-refractivity contribution is -0.195. The number of carbonyl (C=O) groups excluding carboxylic acids is 5. The molecule has 0 aliphatic heterocycles. The van der Waals surface area contributed by atoms with Crippen molar-refractivity contribution in [3.05, 3.63) is 95.6 Å². The number of fused-ring (bicyclic) bond motifs is 1. The third-order valence-electron chi connectivity index (χ3n) is 9.11. The molecule has 0 amide bonds. The number of carbonyl (C=O) groups is 5. The number of aliphatic hydroxyl groups excluding tert-OH is 1. The van der Waals surface area contributed by atoms with Crippen molar-refractivity contribution in [3.8, 4) is 0 Å². The quantitative estimate of drug-likeness (QED) is 0.232. The van der Waals surface area contributed by atoms with Crippen molar-refractivity contribution in [2.45, 2.75) is 78.3 Å². The number of ketones is 1. The molecular weight excluding hydrogens is 616 g/mol. The lowest BCUT2D eigenvalue weighted by atomic mass is 9.75. The Labute approximate surface area is 281 Å². The van der Waals surface area contributed by atoms with Crippen LogP contribution in [0.3, 0.4) is 0 Å². The third kappa shape index (κ3) is 8.10. The van der Waals surface area contributed by atoms with Crippen LogP contribution in [0, 0.1) is 23.2 Å². The Morgan fingerprint density at radius 2 is 1.40 bits per heavy atom. The van der Waals surface area contributed by atoms with Gasteiger partial charge in [-0.3, -0.25) is 14.4 Å². The zero-order valence-electron chi connectivity index (χ0n) is 28.2. The van der Waals surface area contributed by atoms with Crippen LogP contribution in [0.5, 0.6) is 0 Å². The van der Waals surface area contributed by atoms with Gasteiger partial charge in [-0.25, -0.2) is 9.59 Å². The minimum absolute atomic E-state index is 0.117. The summed E-state index contributed by atoms with van der Waals surface area (Å²) in [5, 5.41) is 10.8. The molecule has 0 spiro atoms. The van der Waals surface area contributed by atoms with E-state index in [4.69, 9.17) is 18.9 Å². The third-order valence-corrected chi connectivity index (χ3v) is 9.11. The fourth-order valence-corrected chi connectivity index (χ4v) is 6.68. The van der Waals surface area contributed by atoms with Gasteiger partial charge in [-0.2, -0.15) is 0 Å². The maximum absolute atomic E-state index is 13.8. The predicted octanol–water partition coefficient (Wildman–Crippen LogP) is 5.44. The minimum Gasteiger partial charge on any atom is -0.458 e. The molecule has 256 valence electrons. The molecule has 0 bridgehead atoms. The molecule has 2 aromatic carbocycles. The molecule has 10 heteroatoms. The van der Waals surface area contributed by atoms with Gasteiger partial charge in [0.05, 0.1) is 23.7 Å². The van der Waals surface area contributed by atoms with Crippen molar-refractivity contribution in [1.82, 2.24) is 0 Å². The maximum Gasteiger partial charge on any atom is 0.338 e. The number of ether oxygens (including phenoxy) is 4. The first-order valence-electron chi connectivity index (χ1n) is 16.1. The van der Waals surface area contributed by atoms with Crippen molar-refractivity contribution in [3.63, 3.8) is 0 Å². The lowest BCUT2D eigenvalue weighted by Crippen LogP contribution is -2.55. The summed E-state index contributed by atoms with van der Waals surface area (Å²) in [4.78, 5) is 66.1. The highest BCUT2D eigenvalue weighted by Gasteiger charge is 2.62. The Morgan fingerprint density at radius 1 is 0.833 bits per heavy atom. The molecule has 1 fully saturated rings. The maximum atomic E-state index is 13.8. The molecule has 10 nitrogen and oxygen atoms in total. The number of esters is 4. The minimum atomic E-state index is -1.59. The van der Waals surface area contributed by atoms with Gasteiger partial charge >= 0.3 is 23.9 Å². The second kappa shape index (κ2) is 15.1. The van der Waals surface area contributed by atoms with Gasteiger partial charge in [0.15, 0.2) is 5.60 Å². The standard InChI is InChI=1S/C38H44O10/c1-23-17-18-37(5,6)32(42)20-31(46-35(43)27-13-9-7-10-14-27)29(22-39)19-30-33(47-36(44)28-15-11-8-12-16-28)24(2)21-38(30,48-26(4)41)34(23)45-25(3)40/h7-19,23-24,30-31,33-34,39H,20-22H2,1-6H3/b18-17+,29-19+/t23-,24-,30+,31-,33+,34-,38-/m1/s1. The zero-order valence-corrected chi connectivity index (χ0v) is 28.2. The molecular formula is C38H44O10. The van der Waals surface area contributed by atoms with Crippen LogP contribution < -0.4 is 0 Å². The number of hydrogen-bond donors (Lipinski definition) is 1. The Kier molecular flexibility index (Phi) is 11.4. The first kappa shape index (κ1) is 36.3. The highest BCUT2D eigenvalue weighted by molar-refractivity contribution is 5.91. The molecule has 7 atom stereocenters. The topological polar surface area (TPSA) is 143 Å². The molecule has 48 heavy (non-hydrogen) atoms. The molecule has 2 aliphatic carbocycles. The summed E-state index contributed by atoms with van der Waals surface area (Å²) in [5.41, 5.74) is -1.97. The number of rotatable bonds is 7. The van der Waals surface area contributed by atoms with Crippen LogP contribution in [0.15, 0.2) is 84.5 Å². The first-order valence-corrected chi connectivity index (χ1v) is 16.1. The number of hydrogen-bond acceptors (Lipinski definition) is 10. The lowest BCUT2D eigenvalue weighted by Gasteiger charge is -2.43. The van der Waals surface area contributed by atoms with E-state index >= 15 is 0 Å². The highest BCUT2D eigenvalue weighted by atomic mass is 16.6. The van der Waals surface area contributed by atoms with Crippen LogP contribution in [0.1, 0.15) is 75.1 Å². The number of benzene rings is 2. The molecule has 0 radical (unpaired) electrons. The van der Waals surface area contributed by atoms with Gasteiger partial charge in [-0.15, -0.1) is 0 Å². The van der Waals surface area contributed by atoms with Gasteiger partial charge < -0.3 is 24.1 Å². The Bertz CT molecular complexity index is 1560. The van der Waals surface area contributed by atoms with Crippen LogP contribution in [-0.4, -0.2) is 65.3 Å². The summed E-state index contributed by atoms with van der Waals surface area (Å²) in [6, 6.07) is 16.6. The molecule has 0 heterocycles. The molecule has 2 aromatic rings. The molecule has 0 aromatic heterocycles. The smallest absolute Gasteiger partial charge is 0.338 e. The average Bonchev–Trinajstić information content (AvgIpc) is 3.30. The largest absolute Gasteiger partial charge is 0.458 e. The van der Waals surface area contributed by atoms with Crippen LogP contribution in [0.25, 0.3) is 0 Å². The van der Waals surface area contributed by atoms with Gasteiger partial charge in [0.25, 0.3) is 0 Å². The fraction of sp³-hybridized carbons (Fsp3) is 0.447. The van der Waals surface area contributed by atoms with E-state index in [9.17, 15) is 29.1 Å². The summed E-state index contributed by atoms with van der Waals surface area (Å²) in [7, 11) is 0. The van der Waals surface area contributed by atoms with Crippen LogP contribution in [-0.2, 0) is 33.3 Å². The number of Topliss-reactive ketones (excluding diaryl/α,β-unsaturated/α-hetero) is 1. The molecule has 2 aliphatic rings. The summed E-state index contributed by atoms with van der Waals surface area (Å²) < 4.78 is 24.2. The van der Waals surface area contributed by atoms with E-state index in [2.05, 4.69) is 0 Å². The van der Waals surface area contributed by atoms with E-state index in [-0.39, 0.29) is 29.8 Å². The van der Waals surface area contributed by atoms with Crippen molar-refractivity contribution in [1.29, 1.82) is 0 Å². The van der Waals surface area contributed by atoms with Gasteiger partial charge in [-0.1, -0.05) is 68.5 Å². The monoisotopic (exact) mass is 660 g/mol. The summed E-state index contributed by atoms with van der Waals surface area (Å²) in [5.74, 6) is -4.95. The molecule has 1 saturated carbocycles. The molecule has 0 saturated heterocycles. The first-order chi connectivity index (χ1) is 22.7. The summed E-state index contributed by atoms with van der Waals surface area (Å²) in [6.45, 7) is 8.88. The van der Waals surface area contributed by atoms with E-state index in [0.717, 1.165) is 0 Å². The predicted molar refractivity (Wildman–Crippen MR) is 175 cm³/mol. The Morgan fingerprint density at radius 3 is 1.92 bits per heavy atom. The molecule has 1 N–H and O–H groups in total. The van der Waals surface area contributed by atoms with E-state index in [1.165, 1.54) is 13.8 Å². The van der Waals surface area contributed by atoms with Gasteiger partial charge in [0.2, 0.25) is 0 Å². The van der Waals surface area contributed by atoms with Gasteiger partial charge in [-0.05, 0) is 56.0 Å². The Hall–Kier alpha value is -4.57. The van der Waals surface area contributed by atoms with Gasteiger partial charge in [0, 0.05) is 31.6 Å². The number of aliphatic hydroxyl groups is 1. The summed E-state index contributed by atoms with van der Waals surface area (Å²) >= 11 is 0. The average molecular weight is 661 g/mol. The highest BCUT2D eigenvalue weighted by Crippen LogP contribution is 2.51. The normalized spacial score (nSPS) is 30.2. The van der Waals surface area contributed by atoms with Crippen LogP contribution in [0.2, 0.25) is 0 Å². The zero-order chi connectivity index (χ0) is 35.2. The second-order valence-corrected chi connectivity index (χ2v) is 13.2. The fourth-order valence-electron chi connectivity index (χ4n) is 6.68. The van der Waals surface area contributed by atoms with Crippen molar-refractivity contribution in [2.24, 2.45) is 23.2 Å². The van der Waals surface area contributed by atoms with Crippen molar-refractivity contribution in [2.75, 3.05) is 6.61 Å². The number of allylic oxidation sites excluding steroid dienone is 1. The van der Waals surface area contributed by atoms with Crippen LogP contribution in [0.4, 0.5) is 0 Å². The van der Waals surface area contributed by atoms with E-state index < -0.39 is 77.6 Å². The van der Waals surface area contributed by atoms with Crippen molar-refractivity contribution >= 4 is 29.7 Å². The van der Waals surface area contributed by atoms with E-state index in [0.29, 0.717) is 5.56 Å². The molecule has 4 rings (SSSR count). The van der Waals surface area contributed by atoms with Crippen LogP contribution >= 0.6 is 0 Å². The van der Waals surface area contributed by atoms with Crippen molar-refractivity contribution < 1.29 is 48.0 Å². The van der Waals surface area contributed by atoms with E-state index in [1.807, 2.05) is 6.92 Å². The van der Waals surface area contributed by atoms with Gasteiger partial charge in [0.1, 0.15) is 24.1 Å².